The Balaban J connectivity index is 1.70. The number of hydrogen-bond donors (Lipinski definition) is 1. The van der Waals surface area contributed by atoms with Crippen LogP contribution in [0.3, 0.4) is 0 Å². The van der Waals surface area contributed by atoms with E-state index in [1.54, 1.807) is 0 Å². The predicted octanol–water partition coefficient (Wildman–Crippen LogP) is 0.792. The van der Waals surface area contributed by atoms with Crippen LogP contribution < -0.4 is 5.32 Å². The fourth-order valence-corrected chi connectivity index (χ4v) is 2.28. The summed E-state index contributed by atoms with van der Waals surface area (Å²) in [4.78, 5) is 14.0. The molecule has 5 nitrogen and oxygen atoms in total. The largest absolute Gasteiger partial charge is 0.341 e. The van der Waals surface area contributed by atoms with Crippen molar-refractivity contribution in [3.8, 4) is 0 Å². The lowest BCUT2D eigenvalue weighted by Crippen LogP contribution is -2.44. The van der Waals surface area contributed by atoms with E-state index in [-0.39, 0.29) is 11.9 Å². The van der Waals surface area contributed by atoms with Crippen molar-refractivity contribution in [3.63, 3.8) is 0 Å². The standard InChI is InChI=1S/C13H22N4O/c1-11-9-15-17(10-11)8-5-14-12(2)13(18)16-6-3-4-7-16/h9-10,12,14H,3-8H2,1-2H3/t12-/m1/s1. The second-order valence-electron chi connectivity index (χ2n) is 4.99. The normalized spacial score (nSPS) is 17.1. The van der Waals surface area contributed by atoms with Crippen LogP contribution in [0.2, 0.25) is 0 Å². The molecule has 0 radical (unpaired) electrons. The van der Waals surface area contributed by atoms with Gasteiger partial charge in [0.1, 0.15) is 0 Å². The fraction of sp³-hybridized carbons (Fsp3) is 0.692. The van der Waals surface area contributed by atoms with E-state index >= 15 is 0 Å². The molecule has 1 aromatic rings. The van der Waals surface area contributed by atoms with Gasteiger partial charge in [0.05, 0.1) is 18.8 Å². The summed E-state index contributed by atoms with van der Waals surface area (Å²) in [5.41, 5.74) is 1.16. The SMILES string of the molecule is Cc1cnn(CCN[C@H](C)C(=O)N2CCCC2)c1. The zero-order valence-corrected chi connectivity index (χ0v) is 11.2. The number of hydrogen-bond acceptors (Lipinski definition) is 3. The van der Waals surface area contributed by atoms with Gasteiger partial charge in [0, 0.05) is 25.8 Å². The van der Waals surface area contributed by atoms with Crippen molar-refractivity contribution in [3.05, 3.63) is 18.0 Å². The van der Waals surface area contributed by atoms with Crippen LogP contribution in [-0.4, -0.2) is 46.3 Å². The van der Waals surface area contributed by atoms with Gasteiger partial charge in [-0.1, -0.05) is 0 Å². The van der Waals surface area contributed by atoms with Crippen LogP contribution in [0.25, 0.3) is 0 Å². The molecule has 2 heterocycles. The van der Waals surface area contributed by atoms with Gasteiger partial charge in [-0.2, -0.15) is 5.10 Å². The molecule has 0 saturated carbocycles. The van der Waals surface area contributed by atoms with Gasteiger partial charge in [0.2, 0.25) is 5.91 Å². The lowest BCUT2D eigenvalue weighted by atomic mass is 10.3. The number of aromatic nitrogens is 2. The first-order chi connectivity index (χ1) is 8.66. The second-order valence-corrected chi connectivity index (χ2v) is 4.99. The van der Waals surface area contributed by atoms with Crippen LogP contribution in [0, 0.1) is 6.92 Å². The van der Waals surface area contributed by atoms with Crippen molar-refractivity contribution in [2.75, 3.05) is 19.6 Å². The number of nitrogens with one attached hydrogen (secondary N) is 1. The summed E-state index contributed by atoms with van der Waals surface area (Å²) in [6, 6.07) is -0.0974. The van der Waals surface area contributed by atoms with Crippen LogP contribution in [0.1, 0.15) is 25.3 Å². The summed E-state index contributed by atoms with van der Waals surface area (Å²) in [6.07, 6.45) is 6.14. The molecule has 1 atom stereocenters. The summed E-state index contributed by atoms with van der Waals surface area (Å²) in [7, 11) is 0. The summed E-state index contributed by atoms with van der Waals surface area (Å²) in [5, 5.41) is 7.48. The first kappa shape index (κ1) is 13.1. The molecule has 1 amide bonds. The van der Waals surface area contributed by atoms with E-state index in [2.05, 4.69) is 10.4 Å². The molecule has 1 N–H and O–H groups in total. The first-order valence-electron chi connectivity index (χ1n) is 6.68. The van der Waals surface area contributed by atoms with Crippen molar-refractivity contribution in [2.45, 2.75) is 39.3 Å². The minimum atomic E-state index is -0.0974. The number of aryl methyl sites for hydroxylation is 1. The van der Waals surface area contributed by atoms with Crippen LogP contribution in [0.15, 0.2) is 12.4 Å². The van der Waals surface area contributed by atoms with Crippen LogP contribution in [-0.2, 0) is 11.3 Å². The maximum atomic E-state index is 12.0. The third-order valence-corrected chi connectivity index (χ3v) is 3.34. The smallest absolute Gasteiger partial charge is 0.239 e. The number of likely N-dealkylation sites (tertiary alicyclic amines) is 1. The van der Waals surface area contributed by atoms with Gasteiger partial charge in [-0.3, -0.25) is 9.48 Å². The molecular weight excluding hydrogens is 228 g/mol. The molecule has 1 saturated heterocycles. The predicted molar refractivity (Wildman–Crippen MR) is 70.2 cm³/mol. The third kappa shape index (κ3) is 3.32. The topological polar surface area (TPSA) is 50.2 Å². The van der Waals surface area contributed by atoms with Gasteiger partial charge in [-0.15, -0.1) is 0 Å². The summed E-state index contributed by atoms with van der Waals surface area (Å²) in [5.74, 6) is 0.226. The molecule has 2 rings (SSSR count). The molecule has 1 fully saturated rings. The number of rotatable bonds is 5. The Bertz CT molecular complexity index is 395. The Morgan fingerprint density at radius 2 is 2.22 bits per heavy atom. The average Bonchev–Trinajstić information content (AvgIpc) is 2.99. The van der Waals surface area contributed by atoms with Crippen molar-refractivity contribution in [2.24, 2.45) is 0 Å². The van der Waals surface area contributed by atoms with E-state index in [1.165, 1.54) is 0 Å². The summed E-state index contributed by atoms with van der Waals surface area (Å²) >= 11 is 0. The van der Waals surface area contributed by atoms with E-state index in [0.717, 1.165) is 44.6 Å². The van der Waals surface area contributed by atoms with Gasteiger partial charge in [0.25, 0.3) is 0 Å². The minimum absolute atomic E-state index is 0.0974. The zero-order chi connectivity index (χ0) is 13.0. The molecule has 100 valence electrons. The fourth-order valence-electron chi connectivity index (χ4n) is 2.28. The Morgan fingerprint density at radius 1 is 1.50 bits per heavy atom. The molecule has 0 bridgehead atoms. The number of carbonyl (C=O) groups is 1. The highest BCUT2D eigenvalue weighted by atomic mass is 16.2. The van der Waals surface area contributed by atoms with Gasteiger partial charge in [0.15, 0.2) is 0 Å². The highest BCUT2D eigenvalue weighted by Gasteiger charge is 2.22. The third-order valence-electron chi connectivity index (χ3n) is 3.34. The Kier molecular flexibility index (Phi) is 4.36. The van der Waals surface area contributed by atoms with Crippen LogP contribution >= 0.6 is 0 Å². The van der Waals surface area contributed by atoms with Crippen LogP contribution in [0.5, 0.6) is 0 Å². The molecule has 0 aliphatic carbocycles. The maximum Gasteiger partial charge on any atom is 0.239 e. The lowest BCUT2D eigenvalue weighted by Gasteiger charge is -2.21. The van der Waals surface area contributed by atoms with E-state index in [0.29, 0.717) is 0 Å². The van der Waals surface area contributed by atoms with Gasteiger partial charge in [-0.25, -0.2) is 0 Å². The van der Waals surface area contributed by atoms with E-state index in [9.17, 15) is 4.79 Å². The molecule has 1 aromatic heterocycles. The molecule has 5 heteroatoms. The first-order valence-corrected chi connectivity index (χ1v) is 6.68. The molecule has 0 spiro atoms. The van der Waals surface area contributed by atoms with Crippen LogP contribution in [0.4, 0.5) is 0 Å². The van der Waals surface area contributed by atoms with Crippen molar-refractivity contribution in [1.82, 2.24) is 20.0 Å². The van der Waals surface area contributed by atoms with Gasteiger partial charge < -0.3 is 10.2 Å². The average molecular weight is 250 g/mol. The monoisotopic (exact) mass is 250 g/mol. The quantitative estimate of drug-likeness (QED) is 0.840. The summed E-state index contributed by atoms with van der Waals surface area (Å²) < 4.78 is 1.90. The van der Waals surface area contributed by atoms with E-state index in [1.807, 2.05) is 35.8 Å². The lowest BCUT2D eigenvalue weighted by molar-refractivity contribution is -0.131. The summed E-state index contributed by atoms with van der Waals surface area (Å²) in [6.45, 7) is 7.37. The number of carbonyl (C=O) groups excluding carboxylic acids is 1. The van der Waals surface area contributed by atoms with Gasteiger partial charge in [-0.05, 0) is 32.3 Å². The second kappa shape index (κ2) is 6.00. The number of nitrogens with zero attached hydrogens (tertiary/aromatic N) is 3. The Hall–Kier alpha value is -1.36. The highest BCUT2D eigenvalue weighted by Crippen LogP contribution is 2.08. The molecular formula is C13H22N4O. The highest BCUT2D eigenvalue weighted by molar-refractivity contribution is 5.81. The molecule has 0 unspecified atom stereocenters. The number of amides is 1. The molecule has 18 heavy (non-hydrogen) atoms. The Morgan fingerprint density at radius 3 is 2.83 bits per heavy atom. The molecule has 0 aromatic carbocycles. The molecule has 1 aliphatic rings. The zero-order valence-electron chi connectivity index (χ0n) is 11.2. The maximum absolute atomic E-state index is 12.0. The van der Waals surface area contributed by atoms with Crippen molar-refractivity contribution < 1.29 is 4.79 Å². The van der Waals surface area contributed by atoms with E-state index < -0.39 is 0 Å². The van der Waals surface area contributed by atoms with E-state index in [4.69, 9.17) is 0 Å². The minimum Gasteiger partial charge on any atom is -0.341 e. The Labute approximate surface area is 108 Å². The van der Waals surface area contributed by atoms with Crippen molar-refractivity contribution >= 4 is 5.91 Å². The van der Waals surface area contributed by atoms with Crippen molar-refractivity contribution in [1.29, 1.82) is 0 Å². The molecule has 1 aliphatic heterocycles. The van der Waals surface area contributed by atoms with Gasteiger partial charge >= 0.3 is 0 Å².